The fourth-order valence-corrected chi connectivity index (χ4v) is 1.86. The number of hydrogen-bond donors (Lipinski definition) is 1. The first-order chi connectivity index (χ1) is 7.24. The second kappa shape index (κ2) is 3.99. The van der Waals surface area contributed by atoms with Crippen LogP contribution in [0.2, 0.25) is 0 Å². The number of pyridine rings is 1. The molecule has 1 unspecified atom stereocenters. The number of para-hydroxylation sites is 1. The number of hydrogen-bond acceptors (Lipinski definition) is 2. The van der Waals surface area contributed by atoms with E-state index in [9.17, 15) is 0 Å². The minimum Gasteiger partial charge on any atom is -0.330 e. The van der Waals surface area contributed by atoms with Crippen molar-refractivity contribution in [1.29, 1.82) is 0 Å². The summed E-state index contributed by atoms with van der Waals surface area (Å²) in [6.07, 6.45) is 1.87. The minimum absolute atomic E-state index is 0.364. The summed E-state index contributed by atoms with van der Waals surface area (Å²) >= 11 is 0. The molecule has 0 radical (unpaired) electrons. The number of benzene rings is 1. The summed E-state index contributed by atoms with van der Waals surface area (Å²) in [5.74, 6) is 0.364. The zero-order valence-electron chi connectivity index (χ0n) is 9.20. The SMILES string of the molecule is Cc1ccnc2c(C(C)CN)cccc12. The van der Waals surface area contributed by atoms with E-state index in [1.54, 1.807) is 0 Å². The fraction of sp³-hybridized carbons (Fsp3) is 0.308. The molecule has 0 fully saturated rings. The van der Waals surface area contributed by atoms with Gasteiger partial charge >= 0.3 is 0 Å². The first-order valence-electron chi connectivity index (χ1n) is 5.28. The van der Waals surface area contributed by atoms with Crippen LogP contribution in [0.15, 0.2) is 30.5 Å². The predicted molar refractivity (Wildman–Crippen MR) is 63.9 cm³/mol. The molecule has 0 amide bonds. The van der Waals surface area contributed by atoms with Crippen LogP contribution in [0.3, 0.4) is 0 Å². The van der Waals surface area contributed by atoms with E-state index in [0.29, 0.717) is 12.5 Å². The Hall–Kier alpha value is -1.41. The van der Waals surface area contributed by atoms with Crippen molar-refractivity contribution in [2.75, 3.05) is 6.54 Å². The Morgan fingerprint density at radius 3 is 2.87 bits per heavy atom. The molecule has 78 valence electrons. The Labute approximate surface area is 90.1 Å². The summed E-state index contributed by atoms with van der Waals surface area (Å²) in [6.45, 7) is 4.91. The Morgan fingerprint density at radius 2 is 2.13 bits per heavy atom. The van der Waals surface area contributed by atoms with Crippen LogP contribution in [0.25, 0.3) is 10.9 Å². The minimum atomic E-state index is 0.364. The smallest absolute Gasteiger partial charge is 0.0739 e. The number of aromatic nitrogens is 1. The van der Waals surface area contributed by atoms with Crippen molar-refractivity contribution in [3.8, 4) is 0 Å². The summed E-state index contributed by atoms with van der Waals surface area (Å²) in [7, 11) is 0. The van der Waals surface area contributed by atoms with E-state index in [2.05, 4.69) is 37.0 Å². The van der Waals surface area contributed by atoms with Gasteiger partial charge in [-0.25, -0.2) is 0 Å². The molecule has 1 aromatic carbocycles. The van der Waals surface area contributed by atoms with Crippen LogP contribution in [-0.4, -0.2) is 11.5 Å². The van der Waals surface area contributed by atoms with E-state index in [0.717, 1.165) is 5.52 Å². The third-order valence-electron chi connectivity index (χ3n) is 2.90. The van der Waals surface area contributed by atoms with Gasteiger partial charge in [0.2, 0.25) is 0 Å². The molecule has 0 aliphatic heterocycles. The van der Waals surface area contributed by atoms with Crippen molar-refractivity contribution in [2.24, 2.45) is 5.73 Å². The van der Waals surface area contributed by atoms with Crippen molar-refractivity contribution >= 4 is 10.9 Å². The first kappa shape index (κ1) is 10.1. The highest BCUT2D eigenvalue weighted by atomic mass is 14.7. The van der Waals surface area contributed by atoms with Crippen molar-refractivity contribution in [2.45, 2.75) is 19.8 Å². The standard InChI is InChI=1S/C13H16N2/c1-9-6-7-15-13-11(9)4-3-5-12(13)10(2)8-14/h3-7,10H,8,14H2,1-2H3. The van der Waals surface area contributed by atoms with Gasteiger partial charge in [-0.2, -0.15) is 0 Å². The Balaban J connectivity index is 2.71. The number of nitrogens with zero attached hydrogens (tertiary/aromatic N) is 1. The molecule has 2 rings (SSSR count). The van der Waals surface area contributed by atoms with Gasteiger partial charge < -0.3 is 5.73 Å². The third-order valence-corrected chi connectivity index (χ3v) is 2.90. The summed E-state index contributed by atoms with van der Waals surface area (Å²) in [6, 6.07) is 8.36. The van der Waals surface area contributed by atoms with Gasteiger partial charge in [0.05, 0.1) is 5.52 Å². The molecular formula is C13H16N2. The van der Waals surface area contributed by atoms with E-state index in [1.165, 1.54) is 16.5 Å². The fourth-order valence-electron chi connectivity index (χ4n) is 1.86. The molecule has 2 N–H and O–H groups in total. The topological polar surface area (TPSA) is 38.9 Å². The summed E-state index contributed by atoms with van der Waals surface area (Å²) in [5.41, 5.74) is 9.32. The molecule has 2 aromatic rings. The lowest BCUT2D eigenvalue weighted by molar-refractivity contribution is 0.779. The molecule has 0 saturated heterocycles. The third kappa shape index (κ3) is 1.73. The number of fused-ring (bicyclic) bond motifs is 1. The van der Waals surface area contributed by atoms with Gasteiger partial charge in [0.25, 0.3) is 0 Å². The molecule has 0 aliphatic carbocycles. The maximum absolute atomic E-state index is 5.71. The van der Waals surface area contributed by atoms with E-state index < -0.39 is 0 Å². The first-order valence-corrected chi connectivity index (χ1v) is 5.28. The maximum atomic E-state index is 5.71. The van der Waals surface area contributed by atoms with Gasteiger partial charge in [0.1, 0.15) is 0 Å². The average molecular weight is 200 g/mol. The van der Waals surface area contributed by atoms with Gasteiger partial charge in [-0.15, -0.1) is 0 Å². The molecule has 2 nitrogen and oxygen atoms in total. The lowest BCUT2D eigenvalue weighted by atomic mass is 9.97. The molecule has 1 heterocycles. The molecule has 0 saturated carbocycles. The van der Waals surface area contributed by atoms with Crippen LogP contribution in [0.1, 0.15) is 24.0 Å². The lowest BCUT2D eigenvalue weighted by Gasteiger charge is -2.12. The molecule has 0 aliphatic rings. The van der Waals surface area contributed by atoms with Gasteiger partial charge in [-0.05, 0) is 36.6 Å². The van der Waals surface area contributed by atoms with E-state index in [4.69, 9.17) is 5.73 Å². The average Bonchev–Trinajstić information content (AvgIpc) is 2.28. The quantitative estimate of drug-likeness (QED) is 0.809. The maximum Gasteiger partial charge on any atom is 0.0739 e. The van der Waals surface area contributed by atoms with Crippen LogP contribution >= 0.6 is 0 Å². The Kier molecular flexibility index (Phi) is 2.69. The molecule has 0 spiro atoms. The molecule has 2 heteroatoms. The zero-order valence-corrected chi connectivity index (χ0v) is 9.20. The van der Waals surface area contributed by atoms with Crippen LogP contribution in [0.5, 0.6) is 0 Å². The van der Waals surface area contributed by atoms with Crippen molar-refractivity contribution < 1.29 is 0 Å². The van der Waals surface area contributed by atoms with Crippen LogP contribution in [-0.2, 0) is 0 Å². The molecule has 0 bridgehead atoms. The van der Waals surface area contributed by atoms with Gasteiger partial charge in [-0.1, -0.05) is 25.1 Å². The second-order valence-corrected chi connectivity index (χ2v) is 4.01. The van der Waals surface area contributed by atoms with Gasteiger partial charge in [0.15, 0.2) is 0 Å². The number of nitrogens with two attached hydrogens (primary N) is 1. The summed E-state index contributed by atoms with van der Waals surface area (Å²) < 4.78 is 0. The van der Waals surface area contributed by atoms with E-state index >= 15 is 0 Å². The van der Waals surface area contributed by atoms with Crippen molar-refractivity contribution in [3.63, 3.8) is 0 Å². The number of rotatable bonds is 2. The normalized spacial score (nSPS) is 13.0. The highest BCUT2D eigenvalue weighted by Gasteiger charge is 2.09. The van der Waals surface area contributed by atoms with Gasteiger partial charge in [0, 0.05) is 11.6 Å². The highest BCUT2D eigenvalue weighted by molar-refractivity contribution is 5.85. The summed E-state index contributed by atoms with van der Waals surface area (Å²) in [5, 5.41) is 1.23. The molecule has 1 aromatic heterocycles. The lowest BCUT2D eigenvalue weighted by Crippen LogP contribution is -2.09. The predicted octanol–water partition coefficient (Wildman–Crippen LogP) is 2.61. The second-order valence-electron chi connectivity index (χ2n) is 4.01. The van der Waals surface area contributed by atoms with Crippen molar-refractivity contribution in [1.82, 2.24) is 4.98 Å². The van der Waals surface area contributed by atoms with E-state index in [-0.39, 0.29) is 0 Å². The monoisotopic (exact) mass is 200 g/mol. The molecule has 1 atom stereocenters. The van der Waals surface area contributed by atoms with E-state index in [1.807, 2.05) is 12.3 Å². The highest BCUT2D eigenvalue weighted by Crippen LogP contribution is 2.24. The number of aryl methyl sites for hydroxylation is 1. The van der Waals surface area contributed by atoms with Crippen LogP contribution in [0.4, 0.5) is 0 Å². The van der Waals surface area contributed by atoms with Gasteiger partial charge in [-0.3, -0.25) is 4.98 Å². The zero-order chi connectivity index (χ0) is 10.8. The van der Waals surface area contributed by atoms with Crippen molar-refractivity contribution in [3.05, 3.63) is 41.6 Å². The van der Waals surface area contributed by atoms with Crippen LogP contribution < -0.4 is 5.73 Å². The summed E-state index contributed by atoms with van der Waals surface area (Å²) in [4.78, 5) is 4.46. The van der Waals surface area contributed by atoms with Crippen LogP contribution in [0, 0.1) is 6.92 Å². The Bertz CT molecular complexity index is 477. The molecule has 15 heavy (non-hydrogen) atoms. The molecular weight excluding hydrogens is 184 g/mol. The Morgan fingerprint density at radius 1 is 1.33 bits per heavy atom. The largest absolute Gasteiger partial charge is 0.330 e.